The molecule has 132 valence electrons. The van der Waals surface area contributed by atoms with Crippen LogP contribution >= 0.6 is 0 Å². The number of urea groups is 1. The zero-order valence-corrected chi connectivity index (χ0v) is 14.7. The highest BCUT2D eigenvalue weighted by Crippen LogP contribution is 2.14. The molecule has 2 rings (SSSR count). The summed E-state index contributed by atoms with van der Waals surface area (Å²) in [5, 5.41) is 5.56. The van der Waals surface area contributed by atoms with Crippen molar-refractivity contribution in [1.29, 1.82) is 0 Å². The highest BCUT2D eigenvalue weighted by atomic mass is 16.5. The normalized spacial score (nSPS) is 11.3. The Balaban J connectivity index is 1.87. The predicted molar refractivity (Wildman–Crippen MR) is 99.1 cm³/mol. The first-order valence-electron chi connectivity index (χ1n) is 8.02. The molecule has 2 aromatic rings. The van der Waals surface area contributed by atoms with Crippen molar-refractivity contribution in [2.75, 3.05) is 30.9 Å². The van der Waals surface area contributed by atoms with Gasteiger partial charge in [0, 0.05) is 31.0 Å². The van der Waals surface area contributed by atoms with Crippen LogP contribution in [-0.4, -0.2) is 38.7 Å². The van der Waals surface area contributed by atoms with Crippen LogP contribution in [0.2, 0.25) is 0 Å². The monoisotopic (exact) mass is 341 g/mol. The van der Waals surface area contributed by atoms with Crippen LogP contribution in [-0.2, 0) is 4.74 Å². The zero-order valence-electron chi connectivity index (χ0n) is 14.7. The molecule has 0 aliphatic heterocycles. The number of nitrogens with zero attached hydrogens (tertiary/aromatic N) is 1. The van der Waals surface area contributed by atoms with E-state index in [0.717, 1.165) is 5.69 Å². The average Bonchev–Trinajstić information content (AvgIpc) is 2.65. The fourth-order valence-corrected chi connectivity index (χ4v) is 2.31. The number of esters is 1. The zero-order chi connectivity index (χ0) is 18.2. The van der Waals surface area contributed by atoms with Gasteiger partial charge in [0.2, 0.25) is 0 Å². The second kappa shape index (κ2) is 8.73. The Labute approximate surface area is 147 Å². The van der Waals surface area contributed by atoms with E-state index < -0.39 is 5.97 Å². The fraction of sp³-hybridized carbons (Fsp3) is 0.263. The van der Waals surface area contributed by atoms with Crippen LogP contribution in [0.4, 0.5) is 16.2 Å². The molecular weight excluding hydrogens is 318 g/mol. The van der Waals surface area contributed by atoms with Crippen molar-refractivity contribution < 1.29 is 14.3 Å². The molecule has 0 saturated heterocycles. The molecule has 0 radical (unpaired) electrons. The topological polar surface area (TPSA) is 70.7 Å². The molecule has 1 atom stereocenters. The third-order valence-corrected chi connectivity index (χ3v) is 3.92. The molecule has 6 heteroatoms. The summed E-state index contributed by atoms with van der Waals surface area (Å²) < 4.78 is 4.67. The van der Waals surface area contributed by atoms with Gasteiger partial charge in [0.25, 0.3) is 0 Å². The van der Waals surface area contributed by atoms with Gasteiger partial charge in [-0.25, -0.2) is 9.59 Å². The number of carbonyl (C=O) groups is 2. The molecule has 0 saturated carbocycles. The molecule has 0 aliphatic rings. The number of methoxy groups -OCH3 is 1. The number of anilines is 2. The smallest absolute Gasteiger partial charge is 0.337 e. The molecule has 0 fully saturated rings. The van der Waals surface area contributed by atoms with Crippen molar-refractivity contribution >= 4 is 23.4 Å². The van der Waals surface area contributed by atoms with E-state index >= 15 is 0 Å². The summed E-state index contributed by atoms with van der Waals surface area (Å²) >= 11 is 0. The Kier molecular flexibility index (Phi) is 6.39. The molecule has 0 spiro atoms. The first-order valence-corrected chi connectivity index (χ1v) is 8.02. The van der Waals surface area contributed by atoms with Crippen LogP contribution in [0, 0.1) is 0 Å². The molecule has 0 aliphatic carbocycles. The maximum absolute atomic E-state index is 12.1. The van der Waals surface area contributed by atoms with E-state index in [-0.39, 0.29) is 12.1 Å². The van der Waals surface area contributed by atoms with Gasteiger partial charge in [-0.05, 0) is 37.3 Å². The van der Waals surface area contributed by atoms with Crippen LogP contribution in [0.25, 0.3) is 0 Å². The van der Waals surface area contributed by atoms with E-state index in [1.165, 1.54) is 7.11 Å². The summed E-state index contributed by atoms with van der Waals surface area (Å²) in [5.41, 5.74) is 2.00. The second-order valence-corrected chi connectivity index (χ2v) is 5.70. The number of likely N-dealkylation sites (N-methyl/N-ethyl adjacent to an activating group) is 1. The maximum atomic E-state index is 12.1. The SMILES string of the molecule is COC(=O)c1cccc(NC(=O)NC[C@H](C)N(C)c2ccccc2)c1. The number of hydrogen-bond acceptors (Lipinski definition) is 4. The fourth-order valence-electron chi connectivity index (χ4n) is 2.31. The Morgan fingerprint density at radius 2 is 1.84 bits per heavy atom. The van der Waals surface area contributed by atoms with E-state index in [2.05, 4.69) is 20.3 Å². The molecule has 0 unspecified atom stereocenters. The standard InChI is InChI=1S/C19H23N3O3/c1-14(22(2)17-10-5-4-6-11-17)13-20-19(24)21-16-9-7-8-15(12-16)18(23)25-3/h4-12,14H,13H2,1-3H3,(H2,20,21,24)/t14-/m0/s1. The van der Waals surface area contributed by atoms with E-state index in [9.17, 15) is 9.59 Å². The van der Waals surface area contributed by atoms with Crippen LogP contribution in [0.3, 0.4) is 0 Å². The van der Waals surface area contributed by atoms with Gasteiger partial charge in [-0.1, -0.05) is 24.3 Å². The van der Waals surface area contributed by atoms with Crippen LogP contribution < -0.4 is 15.5 Å². The number of carbonyl (C=O) groups excluding carboxylic acids is 2. The Hall–Kier alpha value is -3.02. The van der Waals surface area contributed by atoms with Crippen molar-refractivity contribution in [1.82, 2.24) is 5.32 Å². The molecule has 0 aromatic heterocycles. The first-order chi connectivity index (χ1) is 12.0. The van der Waals surface area contributed by atoms with Gasteiger partial charge >= 0.3 is 12.0 Å². The minimum Gasteiger partial charge on any atom is -0.465 e. The predicted octanol–water partition coefficient (Wildman–Crippen LogP) is 3.12. The molecular formula is C19H23N3O3. The highest BCUT2D eigenvalue weighted by Gasteiger charge is 2.12. The van der Waals surface area contributed by atoms with Crippen molar-refractivity contribution in [2.45, 2.75) is 13.0 Å². The van der Waals surface area contributed by atoms with Crippen molar-refractivity contribution in [2.24, 2.45) is 0 Å². The summed E-state index contributed by atoms with van der Waals surface area (Å²) in [6, 6.07) is 16.4. The second-order valence-electron chi connectivity index (χ2n) is 5.70. The Morgan fingerprint density at radius 3 is 2.52 bits per heavy atom. The van der Waals surface area contributed by atoms with Gasteiger partial charge in [-0.3, -0.25) is 0 Å². The molecule has 0 bridgehead atoms. The number of benzene rings is 2. The van der Waals surface area contributed by atoms with Crippen molar-refractivity contribution in [3.05, 3.63) is 60.2 Å². The maximum Gasteiger partial charge on any atom is 0.337 e. The number of para-hydroxylation sites is 1. The minimum atomic E-state index is -0.442. The largest absolute Gasteiger partial charge is 0.465 e. The molecule has 6 nitrogen and oxygen atoms in total. The lowest BCUT2D eigenvalue weighted by Crippen LogP contribution is -2.41. The number of hydrogen-bond donors (Lipinski definition) is 2. The lowest BCUT2D eigenvalue weighted by Gasteiger charge is -2.27. The highest BCUT2D eigenvalue weighted by molar-refractivity contribution is 5.93. The van der Waals surface area contributed by atoms with Crippen LogP contribution in [0.5, 0.6) is 0 Å². The van der Waals surface area contributed by atoms with Gasteiger partial charge in [-0.2, -0.15) is 0 Å². The average molecular weight is 341 g/mol. The van der Waals surface area contributed by atoms with E-state index in [1.54, 1.807) is 24.3 Å². The summed E-state index contributed by atoms with van der Waals surface area (Å²) in [5.74, 6) is -0.442. The summed E-state index contributed by atoms with van der Waals surface area (Å²) in [6.45, 7) is 2.51. The number of nitrogens with one attached hydrogen (secondary N) is 2. The number of ether oxygens (including phenoxy) is 1. The molecule has 2 aromatic carbocycles. The van der Waals surface area contributed by atoms with Gasteiger partial charge < -0.3 is 20.3 Å². The third kappa shape index (κ3) is 5.24. The summed E-state index contributed by atoms with van der Waals surface area (Å²) in [4.78, 5) is 25.7. The Morgan fingerprint density at radius 1 is 1.12 bits per heavy atom. The molecule has 2 amide bonds. The van der Waals surface area contributed by atoms with Gasteiger partial charge in [-0.15, -0.1) is 0 Å². The third-order valence-electron chi connectivity index (χ3n) is 3.92. The van der Waals surface area contributed by atoms with E-state index in [1.807, 2.05) is 44.3 Å². The van der Waals surface area contributed by atoms with Gasteiger partial charge in [0.1, 0.15) is 0 Å². The lowest BCUT2D eigenvalue weighted by atomic mass is 10.2. The van der Waals surface area contributed by atoms with Crippen molar-refractivity contribution in [3.63, 3.8) is 0 Å². The van der Waals surface area contributed by atoms with Gasteiger partial charge in [0.05, 0.1) is 12.7 Å². The minimum absolute atomic E-state index is 0.120. The van der Waals surface area contributed by atoms with Crippen LogP contribution in [0.15, 0.2) is 54.6 Å². The van der Waals surface area contributed by atoms with Crippen LogP contribution in [0.1, 0.15) is 17.3 Å². The summed E-state index contributed by atoms with van der Waals surface area (Å²) in [7, 11) is 3.30. The summed E-state index contributed by atoms with van der Waals surface area (Å²) in [6.07, 6.45) is 0. The Bertz CT molecular complexity index is 719. The quantitative estimate of drug-likeness (QED) is 0.792. The lowest BCUT2D eigenvalue weighted by molar-refractivity contribution is 0.0600. The molecule has 0 heterocycles. The van der Waals surface area contributed by atoms with Gasteiger partial charge in [0.15, 0.2) is 0 Å². The van der Waals surface area contributed by atoms with Crippen molar-refractivity contribution in [3.8, 4) is 0 Å². The molecule has 2 N–H and O–H groups in total. The number of rotatable bonds is 6. The van der Waals surface area contributed by atoms with E-state index in [4.69, 9.17) is 0 Å². The number of amides is 2. The molecule has 25 heavy (non-hydrogen) atoms. The first kappa shape index (κ1) is 18.3. The van der Waals surface area contributed by atoms with E-state index in [0.29, 0.717) is 17.8 Å².